The van der Waals surface area contributed by atoms with E-state index in [0.717, 1.165) is 30.0 Å². The maximum atomic E-state index is 10.8. The lowest BCUT2D eigenvalue weighted by Crippen LogP contribution is -2.10. The molecule has 0 aliphatic heterocycles. The number of nitrogens with zero attached hydrogens (tertiary/aromatic N) is 2. The van der Waals surface area contributed by atoms with Gasteiger partial charge in [0.15, 0.2) is 18.1 Å². The number of carboxylic acid groups (broad SMARTS) is 1. The second kappa shape index (κ2) is 10.5. The summed E-state index contributed by atoms with van der Waals surface area (Å²) in [5, 5.41) is 14.7. The van der Waals surface area contributed by atoms with Crippen molar-refractivity contribution in [3.05, 3.63) is 78.6 Å². The van der Waals surface area contributed by atoms with Crippen LogP contribution in [0.3, 0.4) is 0 Å². The average Bonchev–Trinajstić information content (AvgIpc) is 2.84. The molecule has 7 heteroatoms. The summed E-state index contributed by atoms with van der Waals surface area (Å²) in [4.78, 5) is 19.5. The molecule has 33 heavy (non-hydrogen) atoms. The van der Waals surface area contributed by atoms with E-state index in [0.29, 0.717) is 18.1 Å². The number of fused-ring (bicyclic) bond motifs is 1. The minimum atomic E-state index is -1.04. The molecular formula is C26H25N3O4. The standard InChI is InChI=1S/C26H25N3O4/c1-2-32-24-14-20(10-11-23(24)33-16-26(30)31)22-15-25(29-17-28-22)27-13-12-19-8-5-7-18-6-3-4-9-21(18)19/h3-11,14-15,17H,2,12-13,16H2,1H3,(H,30,31)(H,27,28,29). The zero-order valence-corrected chi connectivity index (χ0v) is 18.3. The summed E-state index contributed by atoms with van der Waals surface area (Å²) in [5.74, 6) is 0.534. The number of aromatic nitrogens is 2. The summed E-state index contributed by atoms with van der Waals surface area (Å²) in [7, 11) is 0. The minimum absolute atomic E-state index is 0.380. The van der Waals surface area contributed by atoms with Gasteiger partial charge < -0.3 is 19.9 Å². The molecule has 0 saturated carbocycles. The lowest BCUT2D eigenvalue weighted by atomic mass is 10.0. The first-order valence-electron chi connectivity index (χ1n) is 10.8. The summed E-state index contributed by atoms with van der Waals surface area (Å²) in [6, 6.07) is 21.9. The van der Waals surface area contributed by atoms with Crippen LogP contribution in [0.2, 0.25) is 0 Å². The van der Waals surface area contributed by atoms with E-state index in [2.05, 4.69) is 57.7 Å². The highest BCUT2D eigenvalue weighted by Gasteiger charge is 2.11. The molecule has 0 bridgehead atoms. The van der Waals surface area contributed by atoms with Crippen LogP contribution < -0.4 is 14.8 Å². The van der Waals surface area contributed by atoms with Crippen LogP contribution >= 0.6 is 0 Å². The van der Waals surface area contributed by atoms with E-state index >= 15 is 0 Å². The number of anilines is 1. The smallest absolute Gasteiger partial charge is 0.341 e. The first-order valence-corrected chi connectivity index (χ1v) is 10.8. The van der Waals surface area contributed by atoms with Crippen molar-refractivity contribution in [1.82, 2.24) is 9.97 Å². The fraction of sp³-hybridized carbons (Fsp3) is 0.192. The summed E-state index contributed by atoms with van der Waals surface area (Å²) >= 11 is 0. The van der Waals surface area contributed by atoms with Crippen molar-refractivity contribution < 1.29 is 19.4 Å². The van der Waals surface area contributed by atoms with Gasteiger partial charge in [-0.25, -0.2) is 14.8 Å². The maximum Gasteiger partial charge on any atom is 0.341 e. The molecule has 0 amide bonds. The van der Waals surface area contributed by atoms with Gasteiger partial charge in [-0.15, -0.1) is 0 Å². The molecule has 0 fully saturated rings. The molecule has 168 valence electrons. The molecule has 0 aliphatic carbocycles. The van der Waals surface area contributed by atoms with Crippen molar-refractivity contribution in [2.24, 2.45) is 0 Å². The normalized spacial score (nSPS) is 10.7. The number of carboxylic acids is 1. The van der Waals surface area contributed by atoms with Crippen LogP contribution in [0.1, 0.15) is 12.5 Å². The van der Waals surface area contributed by atoms with Gasteiger partial charge in [-0.3, -0.25) is 0 Å². The van der Waals surface area contributed by atoms with E-state index in [4.69, 9.17) is 14.6 Å². The van der Waals surface area contributed by atoms with Crippen LogP contribution in [0.5, 0.6) is 11.5 Å². The lowest BCUT2D eigenvalue weighted by molar-refractivity contribution is -0.139. The lowest BCUT2D eigenvalue weighted by Gasteiger charge is -2.13. The van der Waals surface area contributed by atoms with Gasteiger partial charge >= 0.3 is 5.97 Å². The molecule has 4 aromatic rings. The minimum Gasteiger partial charge on any atom is -0.490 e. The van der Waals surface area contributed by atoms with Crippen LogP contribution in [-0.4, -0.2) is 40.8 Å². The molecule has 2 N–H and O–H groups in total. The molecule has 1 heterocycles. The third-order valence-electron chi connectivity index (χ3n) is 5.14. The Bertz CT molecular complexity index is 1250. The van der Waals surface area contributed by atoms with E-state index in [1.807, 2.05) is 19.1 Å². The Labute approximate surface area is 192 Å². The number of nitrogens with one attached hydrogen (secondary N) is 1. The molecule has 0 atom stereocenters. The fourth-order valence-electron chi connectivity index (χ4n) is 3.64. The Morgan fingerprint density at radius 2 is 1.82 bits per heavy atom. The number of carbonyl (C=O) groups is 1. The van der Waals surface area contributed by atoms with E-state index in [1.54, 1.807) is 12.1 Å². The summed E-state index contributed by atoms with van der Waals surface area (Å²) < 4.78 is 11.0. The second-order valence-electron chi connectivity index (χ2n) is 7.38. The highest BCUT2D eigenvalue weighted by molar-refractivity contribution is 5.85. The average molecular weight is 444 g/mol. The number of benzene rings is 3. The topological polar surface area (TPSA) is 93.6 Å². The Morgan fingerprint density at radius 3 is 2.67 bits per heavy atom. The molecule has 1 aromatic heterocycles. The number of rotatable bonds is 10. The van der Waals surface area contributed by atoms with Crippen molar-refractivity contribution in [1.29, 1.82) is 0 Å². The summed E-state index contributed by atoms with van der Waals surface area (Å²) in [6.07, 6.45) is 2.38. The van der Waals surface area contributed by atoms with Crippen LogP contribution in [0.4, 0.5) is 5.82 Å². The first-order chi connectivity index (χ1) is 16.1. The van der Waals surface area contributed by atoms with Crippen molar-refractivity contribution in [2.45, 2.75) is 13.3 Å². The Kier molecular flexibility index (Phi) is 6.99. The van der Waals surface area contributed by atoms with Gasteiger partial charge in [0.05, 0.1) is 12.3 Å². The van der Waals surface area contributed by atoms with Crippen LogP contribution in [0, 0.1) is 0 Å². The zero-order chi connectivity index (χ0) is 23.0. The molecule has 7 nitrogen and oxygen atoms in total. The highest BCUT2D eigenvalue weighted by atomic mass is 16.5. The number of aliphatic carboxylic acids is 1. The second-order valence-corrected chi connectivity index (χ2v) is 7.38. The summed E-state index contributed by atoms with van der Waals surface area (Å²) in [6.45, 7) is 2.59. The van der Waals surface area contributed by atoms with Crippen molar-refractivity contribution in [3.63, 3.8) is 0 Å². The van der Waals surface area contributed by atoms with Crippen LogP contribution in [0.15, 0.2) is 73.1 Å². The van der Waals surface area contributed by atoms with Gasteiger partial charge in [-0.1, -0.05) is 42.5 Å². The number of ether oxygens (including phenoxy) is 2. The van der Waals surface area contributed by atoms with Crippen molar-refractivity contribution in [2.75, 3.05) is 25.1 Å². The number of hydrogen-bond acceptors (Lipinski definition) is 6. The molecule has 4 rings (SSSR count). The first kappa shape index (κ1) is 22.1. The Balaban J connectivity index is 1.47. The Morgan fingerprint density at radius 1 is 0.970 bits per heavy atom. The van der Waals surface area contributed by atoms with Crippen molar-refractivity contribution in [3.8, 4) is 22.8 Å². The van der Waals surface area contributed by atoms with Gasteiger partial charge in [0.2, 0.25) is 0 Å². The molecule has 3 aromatic carbocycles. The molecule has 0 saturated heterocycles. The maximum absolute atomic E-state index is 10.8. The molecule has 0 spiro atoms. The van der Waals surface area contributed by atoms with E-state index in [1.165, 1.54) is 22.7 Å². The van der Waals surface area contributed by atoms with Gasteiger partial charge in [0, 0.05) is 18.2 Å². The van der Waals surface area contributed by atoms with Gasteiger partial charge in [-0.05, 0) is 47.9 Å². The van der Waals surface area contributed by atoms with Crippen molar-refractivity contribution >= 4 is 22.6 Å². The Hall–Kier alpha value is -4.13. The largest absolute Gasteiger partial charge is 0.490 e. The third-order valence-corrected chi connectivity index (χ3v) is 5.14. The quantitative estimate of drug-likeness (QED) is 0.363. The zero-order valence-electron chi connectivity index (χ0n) is 18.3. The van der Waals surface area contributed by atoms with Gasteiger partial charge in [-0.2, -0.15) is 0 Å². The van der Waals surface area contributed by atoms with Crippen LogP contribution in [0.25, 0.3) is 22.0 Å². The molecule has 0 radical (unpaired) electrons. The van der Waals surface area contributed by atoms with E-state index in [9.17, 15) is 4.79 Å². The predicted octanol–water partition coefficient (Wildman–Crippen LogP) is 4.81. The van der Waals surface area contributed by atoms with Gasteiger partial charge in [0.1, 0.15) is 12.1 Å². The monoisotopic (exact) mass is 443 g/mol. The number of hydrogen-bond donors (Lipinski definition) is 2. The molecule has 0 unspecified atom stereocenters. The van der Waals surface area contributed by atoms with Gasteiger partial charge in [0.25, 0.3) is 0 Å². The predicted molar refractivity (Wildman–Crippen MR) is 128 cm³/mol. The van der Waals surface area contributed by atoms with E-state index < -0.39 is 12.6 Å². The SMILES string of the molecule is CCOc1cc(-c2cc(NCCc3cccc4ccccc34)ncn2)ccc1OCC(=O)O. The fourth-order valence-corrected chi connectivity index (χ4v) is 3.64. The van der Waals surface area contributed by atoms with E-state index in [-0.39, 0.29) is 0 Å². The molecular weight excluding hydrogens is 418 g/mol. The summed E-state index contributed by atoms with van der Waals surface area (Å²) in [5.41, 5.74) is 2.83. The highest BCUT2D eigenvalue weighted by Crippen LogP contribution is 2.32. The third kappa shape index (κ3) is 5.57. The molecule has 0 aliphatic rings. The van der Waals surface area contributed by atoms with Crippen LogP contribution in [-0.2, 0) is 11.2 Å².